The smallest absolute Gasteiger partial charge is 0.243 e. The summed E-state index contributed by atoms with van der Waals surface area (Å²) in [6.45, 7) is 1.53. The first-order valence-electron chi connectivity index (χ1n) is 8.66. The molecule has 0 saturated heterocycles. The molecule has 0 amide bonds. The number of benzene rings is 1. The van der Waals surface area contributed by atoms with Crippen LogP contribution in [0.15, 0.2) is 43.5 Å². The lowest BCUT2D eigenvalue weighted by Crippen LogP contribution is -2.40. The molecule has 1 N–H and O–H groups in total. The van der Waals surface area contributed by atoms with E-state index in [1.807, 2.05) is 0 Å². The third-order valence-corrected chi connectivity index (χ3v) is 4.90. The van der Waals surface area contributed by atoms with E-state index >= 15 is 0 Å². The largest absolute Gasteiger partial charge is 0.479 e. The van der Waals surface area contributed by atoms with Crippen molar-refractivity contribution in [2.24, 2.45) is 0 Å². The van der Waals surface area contributed by atoms with Gasteiger partial charge in [-0.25, -0.2) is 28.4 Å². The number of imidazole rings is 1. The Morgan fingerprint density at radius 1 is 1.17 bits per heavy atom. The highest BCUT2D eigenvalue weighted by Crippen LogP contribution is 2.38. The minimum absolute atomic E-state index is 0.0976. The molecule has 150 valence electrons. The van der Waals surface area contributed by atoms with Gasteiger partial charge >= 0.3 is 0 Å². The maximum Gasteiger partial charge on any atom is 0.243 e. The Morgan fingerprint density at radius 3 is 2.69 bits per heavy atom. The van der Waals surface area contributed by atoms with E-state index in [2.05, 4.69) is 25.0 Å². The number of aliphatic hydroxyl groups is 1. The normalized spacial score (nSPS) is 14.7. The minimum Gasteiger partial charge on any atom is -0.479 e. The second kappa shape index (κ2) is 7.17. The molecule has 2 atom stereocenters. The fourth-order valence-electron chi connectivity index (χ4n) is 3.37. The van der Waals surface area contributed by atoms with Gasteiger partial charge in [0.1, 0.15) is 36.2 Å². The van der Waals surface area contributed by atoms with Gasteiger partial charge in [0.25, 0.3) is 0 Å². The second-order valence-electron chi connectivity index (χ2n) is 6.52. The molecular weight excluding hydrogens is 384 g/mol. The third-order valence-electron chi connectivity index (χ3n) is 4.90. The van der Waals surface area contributed by atoms with Crippen LogP contribution >= 0.6 is 0 Å². The summed E-state index contributed by atoms with van der Waals surface area (Å²) in [5, 5.41) is 15.7. The van der Waals surface area contributed by atoms with E-state index in [-0.39, 0.29) is 18.0 Å². The SMILES string of the molecule is COc1ncnc2ncn([C@H](C)[C@](O)(Cn3cncn3)c3ccc(F)cc3F)c12. The van der Waals surface area contributed by atoms with Gasteiger partial charge in [-0.2, -0.15) is 10.1 Å². The Bertz CT molecular complexity index is 1150. The van der Waals surface area contributed by atoms with Crippen molar-refractivity contribution in [2.45, 2.75) is 25.1 Å². The predicted molar refractivity (Wildman–Crippen MR) is 96.9 cm³/mol. The molecule has 11 heteroatoms. The summed E-state index contributed by atoms with van der Waals surface area (Å²) in [6, 6.07) is 2.24. The molecular formula is C18H17F2N7O2. The van der Waals surface area contributed by atoms with Crippen LogP contribution in [0.1, 0.15) is 18.5 Å². The molecule has 0 radical (unpaired) electrons. The summed E-state index contributed by atoms with van der Waals surface area (Å²) in [6.07, 6.45) is 5.47. The van der Waals surface area contributed by atoms with Gasteiger partial charge in [-0.3, -0.25) is 0 Å². The van der Waals surface area contributed by atoms with E-state index in [9.17, 15) is 13.9 Å². The summed E-state index contributed by atoms with van der Waals surface area (Å²) in [7, 11) is 1.45. The third kappa shape index (κ3) is 3.18. The molecule has 0 bridgehead atoms. The van der Waals surface area contributed by atoms with Crippen molar-refractivity contribution in [1.82, 2.24) is 34.3 Å². The average Bonchev–Trinajstić information content (AvgIpc) is 3.36. The maximum atomic E-state index is 14.7. The molecule has 0 fully saturated rings. The molecule has 0 aliphatic rings. The minimum atomic E-state index is -1.85. The lowest BCUT2D eigenvalue weighted by molar-refractivity contribution is -0.0320. The maximum absolute atomic E-state index is 14.7. The molecule has 29 heavy (non-hydrogen) atoms. The Balaban J connectivity index is 1.89. The number of rotatable bonds is 6. The van der Waals surface area contributed by atoms with Crippen molar-refractivity contribution in [3.8, 4) is 5.88 Å². The average molecular weight is 401 g/mol. The number of hydrogen-bond donors (Lipinski definition) is 1. The molecule has 0 unspecified atom stereocenters. The van der Waals surface area contributed by atoms with Gasteiger partial charge in [-0.15, -0.1) is 0 Å². The van der Waals surface area contributed by atoms with Crippen molar-refractivity contribution < 1.29 is 18.6 Å². The summed E-state index contributed by atoms with van der Waals surface area (Å²) in [5.41, 5.74) is -1.16. The van der Waals surface area contributed by atoms with Crippen LogP contribution < -0.4 is 4.74 Å². The Kier molecular flexibility index (Phi) is 4.66. The Morgan fingerprint density at radius 2 is 2.00 bits per heavy atom. The highest BCUT2D eigenvalue weighted by atomic mass is 19.1. The second-order valence-corrected chi connectivity index (χ2v) is 6.52. The van der Waals surface area contributed by atoms with Gasteiger partial charge in [-0.05, 0) is 13.0 Å². The predicted octanol–water partition coefficient (Wildman–Crippen LogP) is 1.85. The molecule has 0 aliphatic carbocycles. The van der Waals surface area contributed by atoms with Crippen molar-refractivity contribution >= 4 is 11.2 Å². The molecule has 9 nitrogen and oxygen atoms in total. The lowest BCUT2D eigenvalue weighted by atomic mass is 9.86. The van der Waals surface area contributed by atoms with Crippen molar-refractivity contribution in [1.29, 1.82) is 0 Å². The lowest BCUT2D eigenvalue weighted by Gasteiger charge is -2.35. The number of fused-ring (bicyclic) bond motifs is 1. The molecule has 0 spiro atoms. The van der Waals surface area contributed by atoms with E-state index in [1.165, 1.54) is 43.2 Å². The number of ether oxygens (including phenoxy) is 1. The number of hydrogen-bond acceptors (Lipinski definition) is 7. The van der Waals surface area contributed by atoms with E-state index in [4.69, 9.17) is 4.74 Å². The Labute approximate surface area is 163 Å². The zero-order valence-corrected chi connectivity index (χ0v) is 15.6. The fourth-order valence-corrected chi connectivity index (χ4v) is 3.37. The fraction of sp³-hybridized carbons (Fsp3) is 0.278. The van der Waals surface area contributed by atoms with Gasteiger partial charge in [0.05, 0.1) is 26.0 Å². The van der Waals surface area contributed by atoms with Crippen LogP contribution in [0.5, 0.6) is 5.88 Å². The van der Waals surface area contributed by atoms with Gasteiger partial charge in [-0.1, -0.05) is 6.07 Å². The van der Waals surface area contributed by atoms with Crippen LogP contribution in [-0.4, -0.2) is 46.5 Å². The van der Waals surface area contributed by atoms with Gasteiger partial charge in [0.2, 0.25) is 5.88 Å². The highest BCUT2D eigenvalue weighted by Gasteiger charge is 2.41. The molecule has 1 aromatic carbocycles. The van der Waals surface area contributed by atoms with Gasteiger partial charge < -0.3 is 14.4 Å². The van der Waals surface area contributed by atoms with Crippen LogP contribution in [0.3, 0.4) is 0 Å². The van der Waals surface area contributed by atoms with Gasteiger partial charge in [0, 0.05) is 11.6 Å². The molecule has 3 aromatic heterocycles. The first-order chi connectivity index (χ1) is 13.9. The van der Waals surface area contributed by atoms with E-state index in [0.29, 0.717) is 11.2 Å². The van der Waals surface area contributed by atoms with E-state index < -0.39 is 23.3 Å². The van der Waals surface area contributed by atoms with Crippen LogP contribution in [0.4, 0.5) is 8.78 Å². The molecule has 4 aromatic rings. The summed E-state index contributed by atoms with van der Waals surface area (Å²) in [4.78, 5) is 16.3. The molecule has 3 heterocycles. The summed E-state index contributed by atoms with van der Waals surface area (Å²) < 4.78 is 36.5. The van der Waals surface area contributed by atoms with Crippen LogP contribution in [0.2, 0.25) is 0 Å². The molecule has 0 saturated carbocycles. The number of aromatic nitrogens is 7. The molecule has 4 rings (SSSR count). The quantitative estimate of drug-likeness (QED) is 0.526. The van der Waals surface area contributed by atoms with Crippen LogP contribution in [0, 0.1) is 11.6 Å². The first-order valence-corrected chi connectivity index (χ1v) is 8.66. The Hall–Kier alpha value is -3.47. The highest BCUT2D eigenvalue weighted by molar-refractivity contribution is 5.76. The van der Waals surface area contributed by atoms with Crippen molar-refractivity contribution in [3.63, 3.8) is 0 Å². The molecule has 0 aliphatic heterocycles. The van der Waals surface area contributed by atoms with Crippen molar-refractivity contribution in [3.05, 3.63) is 60.7 Å². The summed E-state index contributed by atoms with van der Waals surface area (Å²) in [5.74, 6) is -1.38. The van der Waals surface area contributed by atoms with Gasteiger partial charge in [0.15, 0.2) is 11.2 Å². The first kappa shape index (κ1) is 18.9. The number of methoxy groups -OCH3 is 1. The zero-order chi connectivity index (χ0) is 20.6. The number of nitrogens with zero attached hydrogens (tertiary/aromatic N) is 7. The zero-order valence-electron chi connectivity index (χ0n) is 15.6. The van der Waals surface area contributed by atoms with E-state index in [1.54, 1.807) is 11.5 Å². The monoisotopic (exact) mass is 401 g/mol. The van der Waals surface area contributed by atoms with Crippen molar-refractivity contribution in [2.75, 3.05) is 7.11 Å². The van der Waals surface area contributed by atoms with Crippen LogP contribution in [-0.2, 0) is 12.1 Å². The summed E-state index contributed by atoms with van der Waals surface area (Å²) >= 11 is 0. The van der Waals surface area contributed by atoms with E-state index in [0.717, 1.165) is 12.1 Å². The number of halogens is 2. The van der Waals surface area contributed by atoms with Crippen LogP contribution in [0.25, 0.3) is 11.2 Å². The topological polar surface area (TPSA) is 104 Å². The standard InChI is InChI=1S/C18H17F2N7O2/c1-11(27-10-24-16-15(27)17(29-2)23-8-22-16)18(28,6-26-9-21-7-25-26)13-4-3-12(19)5-14(13)20/h3-5,7-11,28H,6H2,1-2H3/t11-,18-/m1/s1.